The molecule has 2 fully saturated rings. The molecule has 1 spiro atoms. The molecule has 3 rings (SSSR count). The SMILES string of the molecule is CCOC1CC(Nc2cccc(Br)c2)C12CCCCC2. The third kappa shape index (κ3) is 2.62. The minimum absolute atomic E-state index is 0.385. The van der Waals surface area contributed by atoms with Gasteiger partial charge in [0.05, 0.1) is 6.10 Å². The fraction of sp³-hybridized carbons (Fsp3) is 0.647. The fourth-order valence-corrected chi connectivity index (χ4v) is 4.44. The lowest BCUT2D eigenvalue weighted by Crippen LogP contribution is -2.62. The highest BCUT2D eigenvalue weighted by Gasteiger charge is 2.55. The maximum absolute atomic E-state index is 6.01. The minimum Gasteiger partial charge on any atom is -0.382 e. The van der Waals surface area contributed by atoms with Gasteiger partial charge in [-0.05, 0) is 44.4 Å². The summed E-state index contributed by atoms with van der Waals surface area (Å²) in [6.07, 6.45) is 8.38. The van der Waals surface area contributed by atoms with E-state index in [-0.39, 0.29) is 0 Å². The van der Waals surface area contributed by atoms with Crippen LogP contribution in [0, 0.1) is 5.41 Å². The van der Waals surface area contributed by atoms with Crippen molar-refractivity contribution < 1.29 is 4.74 Å². The Hall–Kier alpha value is -0.540. The predicted molar refractivity (Wildman–Crippen MR) is 87.1 cm³/mol. The first-order valence-corrected chi connectivity index (χ1v) is 8.67. The Morgan fingerprint density at radius 2 is 2.10 bits per heavy atom. The van der Waals surface area contributed by atoms with Gasteiger partial charge in [0, 0.05) is 28.2 Å². The number of benzene rings is 1. The Labute approximate surface area is 130 Å². The van der Waals surface area contributed by atoms with Gasteiger partial charge in [0.25, 0.3) is 0 Å². The van der Waals surface area contributed by atoms with Crippen LogP contribution < -0.4 is 5.32 Å². The number of nitrogens with one attached hydrogen (secondary N) is 1. The molecule has 1 aromatic rings. The summed E-state index contributed by atoms with van der Waals surface area (Å²) >= 11 is 3.55. The van der Waals surface area contributed by atoms with E-state index < -0.39 is 0 Å². The van der Waals surface area contributed by atoms with Crippen molar-refractivity contribution in [3.05, 3.63) is 28.7 Å². The standard InChI is InChI=1S/C17H24BrNO/c1-2-20-16-12-15(17(16)9-4-3-5-10-17)19-14-8-6-7-13(18)11-14/h6-8,11,15-16,19H,2-5,9-10,12H2,1H3. The first kappa shape index (κ1) is 14.4. The average Bonchev–Trinajstić information content (AvgIpc) is 2.47. The van der Waals surface area contributed by atoms with Gasteiger partial charge in [0.2, 0.25) is 0 Å². The van der Waals surface area contributed by atoms with Crippen LogP contribution in [0.3, 0.4) is 0 Å². The lowest BCUT2D eigenvalue weighted by molar-refractivity contribution is -0.134. The molecule has 0 saturated heterocycles. The third-order valence-electron chi connectivity index (χ3n) is 5.10. The van der Waals surface area contributed by atoms with Crippen LogP contribution in [0.1, 0.15) is 45.4 Å². The molecule has 1 N–H and O–H groups in total. The van der Waals surface area contributed by atoms with E-state index >= 15 is 0 Å². The Bertz CT molecular complexity index is 456. The number of hydrogen-bond acceptors (Lipinski definition) is 2. The van der Waals surface area contributed by atoms with Gasteiger partial charge in [-0.2, -0.15) is 0 Å². The van der Waals surface area contributed by atoms with Gasteiger partial charge in [-0.25, -0.2) is 0 Å². The van der Waals surface area contributed by atoms with Gasteiger partial charge in [-0.3, -0.25) is 0 Å². The quantitative estimate of drug-likeness (QED) is 0.835. The van der Waals surface area contributed by atoms with Crippen LogP contribution in [0.15, 0.2) is 28.7 Å². The smallest absolute Gasteiger partial charge is 0.0670 e. The number of rotatable bonds is 4. The van der Waals surface area contributed by atoms with Gasteiger partial charge < -0.3 is 10.1 Å². The van der Waals surface area contributed by atoms with Crippen LogP contribution in [-0.2, 0) is 4.74 Å². The molecule has 0 aromatic heterocycles. The van der Waals surface area contributed by atoms with Crippen molar-refractivity contribution in [2.45, 2.75) is 57.6 Å². The second kappa shape index (κ2) is 6.07. The maximum atomic E-state index is 6.01. The third-order valence-corrected chi connectivity index (χ3v) is 5.60. The lowest BCUT2D eigenvalue weighted by Gasteiger charge is -2.58. The summed E-state index contributed by atoms with van der Waals surface area (Å²) < 4.78 is 7.15. The number of anilines is 1. The summed E-state index contributed by atoms with van der Waals surface area (Å²) in [6.45, 7) is 2.96. The molecule has 110 valence electrons. The summed E-state index contributed by atoms with van der Waals surface area (Å²) in [7, 11) is 0. The first-order chi connectivity index (χ1) is 9.74. The van der Waals surface area contributed by atoms with E-state index in [9.17, 15) is 0 Å². The van der Waals surface area contributed by atoms with Crippen molar-refractivity contribution in [3.63, 3.8) is 0 Å². The molecule has 0 aliphatic heterocycles. The molecule has 20 heavy (non-hydrogen) atoms. The first-order valence-electron chi connectivity index (χ1n) is 7.88. The zero-order valence-electron chi connectivity index (χ0n) is 12.2. The largest absolute Gasteiger partial charge is 0.382 e. The monoisotopic (exact) mass is 337 g/mol. The van der Waals surface area contributed by atoms with Gasteiger partial charge in [0.1, 0.15) is 0 Å². The van der Waals surface area contributed by atoms with E-state index in [1.807, 2.05) is 0 Å². The average molecular weight is 338 g/mol. The van der Waals surface area contributed by atoms with Crippen molar-refractivity contribution in [2.24, 2.45) is 5.41 Å². The van der Waals surface area contributed by atoms with Crippen molar-refractivity contribution in [1.29, 1.82) is 0 Å². The molecule has 0 amide bonds. The number of ether oxygens (including phenoxy) is 1. The van der Waals surface area contributed by atoms with Crippen LogP contribution >= 0.6 is 15.9 Å². The van der Waals surface area contributed by atoms with E-state index in [0.717, 1.165) is 17.5 Å². The molecule has 0 radical (unpaired) electrons. The minimum atomic E-state index is 0.385. The highest BCUT2D eigenvalue weighted by Crippen LogP contribution is 2.54. The Balaban J connectivity index is 1.73. The van der Waals surface area contributed by atoms with E-state index in [4.69, 9.17) is 4.74 Å². The van der Waals surface area contributed by atoms with Gasteiger partial charge in [-0.15, -0.1) is 0 Å². The van der Waals surface area contributed by atoms with Crippen LogP contribution in [0.5, 0.6) is 0 Å². The van der Waals surface area contributed by atoms with Gasteiger partial charge in [0.15, 0.2) is 0 Å². The molecule has 3 heteroatoms. The summed E-state index contributed by atoms with van der Waals surface area (Å²) in [5.74, 6) is 0. The van der Waals surface area contributed by atoms with E-state index in [2.05, 4.69) is 52.4 Å². The van der Waals surface area contributed by atoms with E-state index in [0.29, 0.717) is 17.6 Å². The molecule has 2 atom stereocenters. The molecule has 1 aromatic carbocycles. The van der Waals surface area contributed by atoms with Crippen molar-refractivity contribution >= 4 is 21.6 Å². The van der Waals surface area contributed by atoms with E-state index in [1.54, 1.807) is 0 Å². The lowest BCUT2D eigenvalue weighted by atomic mass is 9.55. The second-order valence-corrected chi connectivity index (χ2v) is 7.10. The molecular weight excluding hydrogens is 314 g/mol. The van der Waals surface area contributed by atoms with Crippen LogP contribution in [0.25, 0.3) is 0 Å². The molecule has 2 saturated carbocycles. The second-order valence-electron chi connectivity index (χ2n) is 6.18. The Morgan fingerprint density at radius 3 is 2.80 bits per heavy atom. The molecular formula is C17H24BrNO. The summed E-state index contributed by atoms with van der Waals surface area (Å²) in [5, 5.41) is 3.76. The fourth-order valence-electron chi connectivity index (χ4n) is 4.05. The predicted octanol–water partition coefficient (Wildman–Crippen LogP) is 4.99. The highest BCUT2D eigenvalue weighted by molar-refractivity contribution is 9.10. The van der Waals surface area contributed by atoms with Crippen LogP contribution in [0.4, 0.5) is 5.69 Å². The molecule has 2 aliphatic rings. The van der Waals surface area contributed by atoms with Crippen LogP contribution in [-0.4, -0.2) is 18.8 Å². The van der Waals surface area contributed by atoms with E-state index in [1.165, 1.54) is 37.8 Å². The summed E-state index contributed by atoms with van der Waals surface area (Å²) in [5.41, 5.74) is 1.61. The van der Waals surface area contributed by atoms with Crippen molar-refractivity contribution in [1.82, 2.24) is 0 Å². The topological polar surface area (TPSA) is 21.3 Å². The number of hydrogen-bond donors (Lipinski definition) is 1. The van der Waals surface area contributed by atoms with Crippen LogP contribution in [0.2, 0.25) is 0 Å². The summed E-state index contributed by atoms with van der Waals surface area (Å²) in [6, 6.07) is 9.08. The summed E-state index contributed by atoms with van der Waals surface area (Å²) in [4.78, 5) is 0. The number of halogens is 1. The normalized spacial score (nSPS) is 28.1. The molecule has 2 aliphatic carbocycles. The molecule has 2 nitrogen and oxygen atoms in total. The van der Waals surface area contributed by atoms with Crippen molar-refractivity contribution in [2.75, 3.05) is 11.9 Å². The Morgan fingerprint density at radius 1 is 1.30 bits per heavy atom. The highest BCUT2D eigenvalue weighted by atomic mass is 79.9. The maximum Gasteiger partial charge on any atom is 0.0670 e. The zero-order chi connectivity index (χ0) is 14.0. The zero-order valence-corrected chi connectivity index (χ0v) is 13.8. The van der Waals surface area contributed by atoms with Gasteiger partial charge >= 0.3 is 0 Å². The Kier molecular flexibility index (Phi) is 4.37. The van der Waals surface area contributed by atoms with Crippen molar-refractivity contribution in [3.8, 4) is 0 Å². The molecule has 2 unspecified atom stereocenters. The molecule has 0 bridgehead atoms. The van der Waals surface area contributed by atoms with Gasteiger partial charge in [-0.1, -0.05) is 41.3 Å². The molecule has 0 heterocycles.